The molecule has 0 saturated carbocycles. The molecule has 0 aromatic carbocycles. The minimum atomic E-state index is 0.0513. The number of hydrazone groups is 1. The van der Waals surface area contributed by atoms with E-state index in [9.17, 15) is 0 Å². The highest BCUT2D eigenvalue weighted by atomic mass is 32.1. The van der Waals surface area contributed by atoms with E-state index in [0.29, 0.717) is 13.2 Å². The van der Waals surface area contributed by atoms with Crippen LogP contribution in [0.2, 0.25) is 0 Å². The van der Waals surface area contributed by atoms with E-state index in [2.05, 4.69) is 22.4 Å². The second-order valence-corrected chi connectivity index (χ2v) is 2.93. The molecule has 4 nitrogen and oxygen atoms in total. The molecule has 13 heavy (non-hydrogen) atoms. The number of hydrogen-bond acceptors (Lipinski definition) is 5. The van der Waals surface area contributed by atoms with E-state index in [1.54, 1.807) is 5.37 Å². The zero-order valence-corrected chi connectivity index (χ0v) is 8.80. The predicted octanol–water partition coefficient (Wildman–Crippen LogP) is 0.587. The maximum Gasteiger partial charge on any atom is 0.152 e. The van der Waals surface area contributed by atoms with Crippen LogP contribution in [0.1, 0.15) is 13.8 Å². The largest absolute Gasteiger partial charge is 0.374 e. The second-order valence-electron chi connectivity index (χ2n) is 2.66. The molecule has 74 valence electrons. The summed E-state index contributed by atoms with van der Waals surface area (Å²) in [6.07, 6.45) is 0.0513. The molecule has 0 fully saturated rings. The quantitative estimate of drug-likeness (QED) is 0.660. The van der Waals surface area contributed by atoms with Crippen molar-refractivity contribution >= 4 is 23.4 Å². The van der Waals surface area contributed by atoms with Crippen molar-refractivity contribution in [2.24, 2.45) is 5.10 Å². The van der Waals surface area contributed by atoms with Gasteiger partial charge in [0.2, 0.25) is 0 Å². The number of ether oxygens (including phenoxy) is 1. The van der Waals surface area contributed by atoms with Crippen molar-refractivity contribution in [2.75, 3.05) is 19.8 Å². The fourth-order valence-electron chi connectivity index (χ4n) is 1.23. The maximum absolute atomic E-state index is 5.28. The molecule has 1 unspecified atom stereocenters. The highest BCUT2D eigenvalue weighted by Gasteiger charge is 2.23. The average molecular weight is 201 g/mol. The lowest BCUT2D eigenvalue weighted by Crippen LogP contribution is -2.41. The van der Waals surface area contributed by atoms with Crippen LogP contribution in [-0.4, -0.2) is 42.0 Å². The van der Waals surface area contributed by atoms with E-state index in [-0.39, 0.29) is 6.17 Å². The van der Waals surface area contributed by atoms with E-state index in [1.165, 1.54) is 0 Å². The Labute approximate surface area is 83.9 Å². The van der Waals surface area contributed by atoms with Gasteiger partial charge in [-0.1, -0.05) is 12.2 Å². The number of nitrogens with one attached hydrogen (secondary N) is 1. The molecule has 1 atom stereocenters. The van der Waals surface area contributed by atoms with Gasteiger partial charge in [-0.05, 0) is 13.8 Å². The minimum Gasteiger partial charge on any atom is -0.374 e. The van der Waals surface area contributed by atoms with Gasteiger partial charge in [-0.25, -0.2) is 0 Å². The Balaban J connectivity index is 2.49. The lowest BCUT2D eigenvalue weighted by Gasteiger charge is -2.22. The smallest absolute Gasteiger partial charge is 0.152 e. The standard InChI is InChI=1S/C8H15N3OS/c1-3-11-7(5-12-4-2)9-10-8(11)6-13/h6,8,10H,3-5H2,1-2H3. The lowest BCUT2D eigenvalue weighted by molar-refractivity contribution is 0.178. The number of rotatable bonds is 5. The minimum absolute atomic E-state index is 0.0513. The average Bonchev–Trinajstić information content (AvgIpc) is 2.56. The highest BCUT2D eigenvalue weighted by molar-refractivity contribution is 7.79. The van der Waals surface area contributed by atoms with Gasteiger partial charge in [0.1, 0.15) is 12.8 Å². The summed E-state index contributed by atoms with van der Waals surface area (Å²) in [7, 11) is 0. The molecule has 1 aliphatic rings. The molecule has 1 N–H and O–H groups in total. The topological polar surface area (TPSA) is 36.9 Å². The van der Waals surface area contributed by atoms with Gasteiger partial charge in [-0.15, -0.1) is 0 Å². The van der Waals surface area contributed by atoms with Crippen LogP contribution in [0, 0.1) is 0 Å². The van der Waals surface area contributed by atoms with Crippen LogP contribution in [0.5, 0.6) is 0 Å². The van der Waals surface area contributed by atoms with Crippen LogP contribution in [0.15, 0.2) is 5.10 Å². The van der Waals surface area contributed by atoms with Gasteiger partial charge in [0, 0.05) is 18.5 Å². The summed E-state index contributed by atoms with van der Waals surface area (Å²) in [5.74, 6) is 0.926. The predicted molar refractivity (Wildman–Crippen MR) is 56.9 cm³/mol. The lowest BCUT2D eigenvalue weighted by atomic mass is 10.4. The highest BCUT2D eigenvalue weighted by Crippen LogP contribution is 2.04. The molecule has 0 amide bonds. The molecular formula is C8H15N3OS. The third-order valence-electron chi connectivity index (χ3n) is 1.90. The molecule has 0 aromatic heterocycles. The third-order valence-corrected chi connectivity index (χ3v) is 2.16. The van der Waals surface area contributed by atoms with E-state index in [1.807, 2.05) is 6.92 Å². The Kier molecular flexibility index (Phi) is 4.11. The maximum atomic E-state index is 5.28. The molecule has 0 radical (unpaired) electrons. The first-order valence-electron chi connectivity index (χ1n) is 4.45. The molecular weight excluding hydrogens is 186 g/mol. The number of nitrogens with zero attached hydrogens (tertiary/aromatic N) is 2. The fourth-order valence-corrected chi connectivity index (χ4v) is 1.43. The number of likely N-dealkylation sites (N-methyl/N-ethyl adjacent to an activating group) is 1. The molecule has 0 aliphatic carbocycles. The number of amidine groups is 1. The molecule has 0 aromatic rings. The Morgan fingerprint density at radius 3 is 3.00 bits per heavy atom. The van der Waals surface area contributed by atoms with Crippen LogP contribution < -0.4 is 5.43 Å². The molecule has 0 spiro atoms. The van der Waals surface area contributed by atoms with Gasteiger partial charge < -0.3 is 9.64 Å². The van der Waals surface area contributed by atoms with Crippen LogP contribution in [0.4, 0.5) is 0 Å². The SMILES string of the molecule is CCOCC1=NNC(C=S)N1CC. The summed E-state index contributed by atoms with van der Waals surface area (Å²) >= 11 is 4.88. The summed E-state index contributed by atoms with van der Waals surface area (Å²) in [6.45, 7) is 6.18. The van der Waals surface area contributed by atoms with Gasteiger partial charge in [-0.3, -0.25) is 5.43 Å². The van der Waals surface area contributed by atoms with Gasteiger partial charge >= 0.3 is 0 Å². The van der Waals surface area contributed by atoms with Crippen molar-refractivity contribution in [3.8, 4) is 0 Å². The van der Waals surface area contributed by atoms with Crippen LogP contribution in [0.3, 0.4) is 0 Å². The summed E-state index contributed by atoms with van der Waals surface area (Å²) < 4.78 is 5.28. The van der Waals surface area contributed by atoms with Crippen molar-refractivity contribution in [3.05, 3.63) is 0 Å². The third kappa shape index (κ3) is 2.38. The van der Waals surface area contributed by atoms with E-state index >= 15 is 0 Å². The molecule has 1 aliphatic heterocycles. The zero-order chi connectivity index (χ0) is 9.68. The van der Waals surface area contributed by atoms with Crippen molar-refractivity contribution in [1.29, 1.82) is 0 Å². The summed E-state index contributed by atoms with van der Waals surface area (Å²) in [4.78, 5) is 2.09. The van der Waals surface area contributed by atoms with Crippen LogP contribution in [-0.2, 0) is 4.74 Å². The molecule has 0 saturated heterocycles. The van der Waals surface area contributed by atoms with Gasteiger partial charge in [0.15, 0.2) is 5.84 Å². The summed E-state index contributed by atoms with van der Waals surface area (Å²) in [6, 6.07) is 0. The van der Waals surface area contributed by atoms with Crippen LogP contribution >= 0.6 is 12.2 Å². The van der Waals surface area contributed by atoms with Crippen molar-refractivity contribution in [1.82, 2.24) is 10.3 Å². The van der Waals surface area contributed by atoms with Crippen LogP contribution in [0.25, 0.3) is 0 Å². The zero-order valence-electron chi connectivity index (χ0n) is 7.99. The van der Waals surface area contributed by atoms with Gasteiger partial charge in [-0.2, -0.15) is 5.10 Å². The number of thiocarbonyl (C=S) groups is 1. The normalized spacial score (nSPS) is 21.2. The first-order valence-corrected chi connectivity index (χ1v) is 4.92. The Hall–Kier alpha value is -0.680. The van der Waals surface area contributed by atoms with E-state index in [4.69, 9.17) is 17.0 Å². The molecule has 5 heteroatoms. The van der Waals surface area contributed by atoms with E-state index in [0.717, 1.165) is 12.4 Å². The monoisotopic (exact) mass is 201 g/mol. The Morgan fingerprint density at radius 2 is 2.46 bits per heavy atom. The second kappa shape index (κ2) is 5.14. The van der Waals surface area contributed by atoms with Gasteiger partial charge in [0.05, 0.1) is 0 Å². The first kappa shape index (κ1) is 10.4. The van der Waals surface area contributed by atoms with E-state index < -0.39 is 0 Å². The summed E-state index contributed by atoms with van der Waals surface area (Å²) in [5, 5.41) is 5.82. The summed E-state index contributed by atoms with van der Waals surface area (Å²) in [5.41, 5.74) is 2.94. The molecule has 0 bridgehead atoms. The number of hydrogen-bond donors (Lipinski definition) is 1. The van der Waals surface area contributed by atoms with Gasteiger partial charge in [0.25, 0.3) is 0 Å². The fraction of sp³-hybridized carbons (Fsp3) is 0.750. The first-order chi connectivity index (χ1) is 6.33. The Bertz CT molecular complexity index is 208. The molecule has 1 heterocycles. The Morgan fingerprint density at radius 1 is 1.69 bits per heavy atom. The van der Waals surface area contributed by atoms with Crippen molar-refractivity contribution < 1.29 is 4.74 Å². The molecule has 1 rings (SSSR count). The van der Waals surface area contributed by atoms with Crippen molar-refractivity contribution in [3.63, 3.8) is 0 Å². The van der Waals surface area contributed by atoms with Crippen molar-refractivity contribution in [2.45, 2.75) is 20.0 Å².